The van der Waals surface area contributed by atoms with Gasteiger partial charge in [-0.15, -0.1) is 0 Å². The fourth-order valence-electron chi connectivity index (χ4n) is 12.0. The fraction of sp³-hybridized carbons (Fsp3) is 0.245. The van der Waals surface area contributed by atoms with E-state index in [1.54, 1.807) is 5.56 Å². The van der Waals surface area contributed by atoms with Crippen LogP contribution in [0.15, 0.2) is 158 Å². The topological polar surface area (TPSA) is 3.24 Å². The van der Waals surface area contributed by atoms with E-state index in [4.69, 9.17) is 0 Å². The summed E-state index contributed by atoms with van der Waals surface area (Å²) in [4.78, 5) is 2.51. The van der Waals surface area contributed by atoms with E-state index >= 15 is 0 Å². The Morgan fingerprint density at radius 2 is 1.00 bits per heavy atom. The Morgan fingerprint density at radius 1 is 0.444 bits per heavy atom. The van der Waals surface area contributed by atoms with Crippen LogP contribution < -0.4 is 4.90 Å². The van der Waals surface area contributed by atoms with E-state index in [0.717, 1.165) is 17.8 Å². The molecule has 4 bridgehead atoms. The highest BCUT2D eigenvalue weighted by molar-refractivity contribution is 6.06. The summed E-state index contributed by atoms with van der Waals surface area (Å²) in [7, 11) is 0. The summed E-state index contributed by atoms with van der Waals surface area (Å²) >= 11 is 0. The molecule has 264 valence electrons. The van der Waals surface area contributed by atoms with E-state index in [1.807, 2.05) is 0 Å². The van der Waals surface area contributed by atoms with E-state index < -0.39 is 0 Å². The molecular weight excluding hydrogens is 651 g/mol. The highest BCUT2D eigenvalue weighted by atomic mass is 15.1. The van der Waals surface area contributed by atoms with Crippen molar-refractivity contribution in [1.82, 2.24) is 0 Å². The molecule has 0 aromatic heterocycles. The molecular formula is C53H47N. The van der Waals surface area contributed by atoms with E-state index in [9.17, 15) is 0 Å². The fourth-order valence-corrected chi connectivity index (χ4v) is 12.0. The minimum atomic E-state index is -0.0748. The predicted molar refractivity (Wildman–Crippen MR) is 227 cm³/mol. The average molecular weight is 698 g/mol. The molecule has 5 aliphatic rings. The van der Waals surface area contributed by atoms with Crippen molar-refractivity contribution in [1.29, 1.82) is 0 Å². The third kappa shape index (κ3) is 4.97. The molecule has 0 unspecified atom stereocenters. The van der Waals surface area contributed by atoms with E-state index in [-0.39, 0.29) is 5.41 Å². The Kier molecular flexibility index (Phi) is 7.16. The first-order valence-electron chi connectivity index (χ1n) is 20.3. The van der Waals surface area contributed by atoms with E-state index in [2.05, 4.69) is 176 Å². The van der Waals surface area contributed by atoms with E-state index in [0.29, 0.717) is 5.41 Å². The number of hydrogen-bond donors (Lipinski definition) is 0. The first-order valence-corrected chi connectivity index (χ1v) is 20.3. The highest BCUT2D eigenvalue weighted by Crippen LogP contribution is 2.61. The number of fused-ring (bicyclic) bond motifs is 4. The second-order valence-electron chi connectivity index (χ2n) is 17.6. The van der Waals surface area contributed by atoms with Gasteiger partial charge in [0.05, 0.1) is 0 Å². The standard InChI is InChI=1S/C53H47N/c1-52(2)49-20-7-6-17-47(49)48-26-25-44(31-50(48)52)54(42-23-21-41(22-24-42)53-32-35-27-36(33-53)29-37(28-35)34-53)43-16-8-15-40(30-43)46-19-10-14-39-13-9-18-45(51(39)46)38-11-4-3-5-12-38/h3-26,30-31,35-37H,27-29,32-34H2,1-2H3. The van der Waals surface area contributed by atoms with Crippen LogP contribution in [0.1, 0.15) is 69.1 Å². The predicted octanol–water partition coefficient (Wildman–Crippen LogP) is 14.4. The number of hydrogen-bond acceptors (Lipinski definition) is 1. The molecule has 7 aromatic rings. The molecule has 54 heavy (non-hydrogen) atoms. The SMILES string of the molecule is CC1(C)c2ccccc2-c2ccc(N(c3ccc(C45CC6CC(CC(C6)C4)C5)cc3)c3cccc(-c4cccc5cccc(-c6ccccc6)c45)c3)cc21. The third-order valence-corrected chi connectivity index (χ3v) is 14.0. The summed E-state index contributed by atoms with van der Waals surface area (Å²) in [6.45, 7) is 4.77. The molecule has 4 saturated carbocycles. The first kappa shape index (κ1) is 32.1. The normalized spacial score (nSPS) is 23.0. The van der Waals surface area contributed by atoms with Crippen molar-refractivity contribution < 1.29 is 0 Å². The van der Waals surface area contributed by atoms with Crippen molar-refractivity contribution in [3.05, 3.63) is 174 Å². The molecule has 0 heterocycles. The van der Waals surface area contributed by atoms with Gasteiger partial charge in [-0.1, -0.05) is 135 Å². The lowest BCUT2D eigenvalue weighted by Crippen LogP contribution is -2.48. The van der Waals surface area contributed by atoms with Gasteiger partial charge >= 0.3 is 0 Å². The lowest BCUT2D eigenvalue weighted by Gasteiger charge is -2.57. The van der Waals surface area contributed by atoms with Crippen molar-refractivity contribution in [2.75, 3.05) is 4.90 Å². The number of nitrogens with zero attached hydrogens (tertiary/aromatic N) is 1. The van der Waals surface area contributed by atoms with Gasteiger partial charge < -0.3 is 4.90 Å². The Hall–Kier alpha value is -5.40. The zero-order valence-electron chi connectivity index (χ0n) is 31.4. The van der Waals surface area contributed by atoms with Crippen LogP contribution in [0, 0.1) is 17.8 Å². The highest BCUT2D eigenvalue weighted by Gasteiger charge is 2.51. The lowest BCUT2D eigenvalue weighted by atomic mass is 9.48. The van der Waals surface area contributed by atoms with Gasteiger partial charge in [0.25, 0.3) is 0 Å². The van der Waals surface area contributed by atoms with Crippen LogP contribution >= 0.6 is 0 Å². The Labute approximate surface area is 320 Å². The second-order valence-corrected chi connectivity index (χ2v) is 17.6. The van der Waals surface area contributed by atoms with Crippen molar-refractivity contribution >= 4 is 27.8 Å². The quantitative estimate of drug-likeness (QED) is 0.167. The number of rotatable bonds is 6. The largest absolute Gasteiger partial charge is 0.310 e. The smallest absolute Gasteiger partial charge is 0.0467 e. The van der Waals surface area contributed by atoms with Gasteiger partial charge in [-0.2, -0.15) is 0 Å². The molecule has 12 rings (SSSR count). The molecule has 0 amide bonds. The number of anilines is 3. The monoisotopic (exact) mass is 697 g/mol. The van der Waals surface area contributed by atoms with Crippen molar-refractivity contribution in [2.24, 2.45) is 17.8 Å². The second kappa shape index (κ2) is 12.1. The summed E-state index contributed by atoms with van der Waals surface area (Å²) in [6, 6.07) is 59.6. The maximum absolute atomic E-state index is 2.51. The Morgan fingerprint density at radius 3 is 1.72 bits per heavy atom. The molecule has 0 atom stereocenters. The van der Waals surface area contributed by atoms with Gasteiger partial charge in [0.1, 0.15) is 0 Å². The molecule has 0 radical (unpaired) electrons. The summed E-state index contributed by atoms with van der Waals surface area (Å²) < 4.78 is 0. The summed E-state index contributed by atoms with van der Waals surface area (Å²) in [5.74, 6) is 2.81. The Bertz CT molecular complexity index is 2520. The van der Waals surface area contributed by atoms with Gasteiger partial charge in [-0.05, 0) is 159 Å². The first-order chi connectivity index (χ1) is 26.4. The Balaban J connectivity index is 1.06. The number of benzene rings is 7. The molecule has 4 fully saturated rings. The van der Waals surface area contributed by atoms with Crippen LogP contribution in [-0.4, -0.2) is 0 Å². The lowest BCUT2D eigenvalue weighted by molar-refractivity contribution is -0.00518. The van der Waals surface area contributed by atoms with Gasteiger partial charge in [0.2, 0.25) is 0 Å². The van der Waals surface area contributed by atoms with Gasteiger partial charge in [0.15, 0.2) is 0 Å². The molecule has 0 aliphatic heterocycles. The molecule has 1 heteroatoms. The molecule has 0 saturated heterocycles. The van der Waals surface area contributed by atoms with Crippen LogP contribution in [0.5, 0.6) is 0 Å². The van der Waals surface area contributed by atoms with Crippen LogP contribution in [0.4, 0.5) is 17.1 Å². The van der Waals surface area contributed by atoms with Crippen LogP contribution in [0.25, 0.3) is 44.2 Å². The van der Waals surface area contributed by atoms with Crippen molar-refractivity contribution in [2.45, 2.75) is 63.2 Å². The average Bonchev–Trinajstić information content (AvgIpc) is 3.43. The molecule has 0 N–H and O–H groups in total. The van der Waals surface area contributed by atoms with Crippen LogP contribution in [-0.2, 0) is 10.8 Å². The van der Waals surface area contributed by atoms with Crippen molar-refractivity contribution in [3.8, 4) is 33.4 Å². The molecule has 1 nitrogen and oxygen atoms in total. The minimum Gasteiger partial charge on any atom is -0.310 e. The molecule has 5 aliphatic carbocycles. The summed E-state index contributed by atoms with van der Waals surface area (Å²) in [5.41, 5.74) is 16.0. The van der Waals surface area contributed by atoms with Crippen LogP contribution in [0.2, 0.25) is 0 Å². The van der Waals surface area contributed by atoms with Gasteiger partial charge in [-0.25, -0.2) is 0 Å². The molecule has 0 spiro atoms. The van der Waals surface area contributed by atoms with Gasteiger partial charge in [-0.3, -0.25) is 0 Å². The maximum atomic E-state index is 2.51. The zero-order chi connectivity index (χ0) is 36.0. The zero-order valence-corrected chi connectivity index (χ0v) is 31.4. The minimum absolute atomic E-state index is 0.0748. The van der Waals surface area contributed by atoms with Gasteiger partial charge in [0, 0.05) is 22.5 Å². The third-order valence-electron chi connectivity index (χ3n) is 14.0. The summed E-state index contributed by atoms with van der Waals surface area (Å²) in [5, 5.41) is 2.56. The maximum Gasteiger partial charge on any atom is 0.0467 e. The van der Waals surface area contributed by atoms with Crippen molar-refractivity contribution in [3.63, 3.8) is 0 Å². The molecule has 7 aromatic carbocycles. The van der Waals surface area contributed by atoms with Crippen LogP contribution in [0.3, 0.4) is 0 Å². The van der Waals surface area contributed by atoms with E-state index in [1.165, 1.54) is 111 Å². The summed E-state index contributed by atoms with van der Waals surface area (Å²) in [6.07, 6.45) is 8.60.